The van der Waals surface area contributed by atoms with Crippen LogP contribution in [-0.2, 0) is 5.41 Å². The number of rotatable bonds is 4. The Morgan fingerprint density at radius 1 is 1.08 bits per heavy atom. The Hall–Kier alpha value is -3.15. The molecule has 0 aliphatic rings. The number of methoxy groups -OCH3 is 1. The van der Waals surface area contributed by atoms with Gasteiger partial charge in [0.1, 0.15) is 5.75 Å². The maximum absolute atomic E-state index is 12.5. The van der Waals surface area contributed by atoms with Gasteiger partial charge in [0.15, 0.2) is 0 Å². The fraction of sp³-hybridized carbons (Fsp3) is 0.250. The van der Waals surface area contributed by atoms with Crippen molar-refractivity contribution in [3.63, 3.8) is 0 Å². The average molecular weight is 351 g/mol. The number of para-hydroxylation sites is 1. The highest BCUT2D eigenvalue weighted by molar-refractivity contribution is 6.01. The first kappa shape index (κ1) is 17.7. The number of hydrogen-bond acceptors (Lipinski definition) is 5. The van der Waals surface area contributed by atoms with E-state index in [0.29, 0.717) is 11.3 Å². The maximum atomic E-state index is 12.5. The smallest absolute Gasteiger partial charge is 0.313 e. The fourth-order valence-corrected chi connectivity index (χ4v) is 2.61. The minimum Gasteiger partial charge on any atom is -0.497 e. The summed E-state index contributed by atoms with van der Waals surface area (Å²) in [7, 11) is 1.58. The van der Waals surface area contributed by atoms with E-state index in [0.717, 1.165) is 11.3 Å². The molecule has 0 atom stereocenters. The van der Waals surface area contributed by atoms with Gasteiger partial charge in [-0.1, -0.05) is 45.0 Å². The molecule has 0 bridgehead atoms. The van der Waals surface area contributed by atoms with Crippen LogP contribution in [0.3, 0.4) is 0 Å². The van der Waals surface area contributed by atoms with Gasteiger partial charge in [-0.3, -0.25) is 4.79 Å². The number of hydrogen-bond donors (Lipinski definition) is 1. The Labute approximate surface area is 152 Å². The Balaban J connectivity index is 1.83. The molecule has 1 amide bonds. The molecule has 6 heteroatoms. The first-order valence-corrected chi connectivity index (χ1v) is 8.27. The lowest BCUT2D eigenvalue weighted by molar-refractivity contribution is 0.0990. The Bertz CT molecular complexity index is 926. The van der Waals surface area contributed by atoms with Gasteiger partial charge in [0, 0.05) is 11.3 Å². The predicted octanol–water partition coefficient (Wildman–Crippen LogP) is 4.30. The van der Waals surface area contributed by atoms with Crippen LogP contribution >= 0.6 is 0 Å². The lowest BCUT2D eigenvalue weighted by Gasteiger charge is -2.22. The van der Waals surface area contributed by atoms with Crippen molar-refractivity contribution >= 4 is 11.6 Å². The van der Waals surface area contributed by atoms with E-state index in [-0.39, 0.29) is 17.2 Å². The minimum absolute atomic E-state index is 0.0912. The van der Waals surface area contributed by atoms with E-state index >= 15 is 0 Å². The Kier molecular flexibility index (Phi) is 4.75. The number of carbonyl (C=O) groups is 1. The van der Waals surface area contributed by atoms with E-state index in [1.165, 1.54) is 0 Å². The van der Waals surface area contributed by atoms with Crippen molar-refractivity contribution in [3.8, 4) is 17.2 Å². The molecule has 0 aliphatic carbocycles. The zero-order valence-corrected chi connectivity index (χ0v) is 15.2. The molecule has 3 aromatic rings. The van der Waals surface area contributed by atoms with Crippen molar-refractivity contribution in [3.05, 3.63) is 60.0 Å². The van der Waals surface area contributed by atoms with Crippen LogP contribution in [0.15, 0.2) is 52.9 Å². The number of benzene rings is 2. The van der Waals surface area contributed by atoms with Crippen LogP contribution in [0.5, 0.6) is 5.75 Å². The molecule has 2 aromatic carbocycles. The fourth-order valence-electron chi connectivity index (χ4n) is 2.61. The van der Waals surface area contributed by atoms with E-state index < -0.39 is 5.91 Å². The Morgan fingerprint density at radius 3 is 2.58 bits per heavy atom. The lowest BCUT2D eigenvalue weighted by Crippen LogP contribution is -2.18. The van der Waals surface area contributed by atoms with E-state index in [1.54, 1.807) is 13.2 Å². The highest BCUT2D eigenvalue weighted by Gasteiger charge is 2.21. The molecule has 1 aromatic heterocycles. The van der Waals surface area contributed by atoms with Crippen LogP contribution in [-0.4, -0.2) is 23.2 Å². The van der Waals surface area contributed by atoms with Crippen LogP contribution < -0.4 is 10.1 Å². The number of anilines is 1. The van der Waals surface area contributed by atoms with E-state index in [1.807, 2.05) is 42.5 Å². The monoisotopic (exact) mass is 351 g/mol. The van der Waals surface area contributed by atoms with Crippen molar-refractivity contribution in [2.45, 2.75) is 26.2 Å². The third-order valence-electron chi connectivity index (χ3n) is 3.92. The summed E-state index contributed by atoms with van der Waals surface area (Å²) in [6.07, 6.45) is 0. The standard InChI is InChI=1S/C20H21N3O3/c1-20(2,3)15-10-5-6-11-16(15)21-17(24)19-23-22-18(26-19)13-8-7-9-14(12-13)25-4/h5-12H,1-4H3,(H,21,24). The van der Waals surface area contributed by atoms with Gasteiger partial charge in [-0.2, -0.15) is 0 Å². The molecule has 1 N–H and O–H groups in total. The third kappa shape index (κ3) is 3.74. The molecule has 0 spiro atoms. The number of nitrogens with zero attached hydrogens (tertiary/aromatic N) is 2. The summed E-state index contributed by atoms with van der Waals surface area (Å²) in [6, 6.07) is 14.9. The molecule has 134 valence electrons. The van der Waals surface area contributed by atoms with Gasteiger partial charge < -0.3 is 14.5 Å². The quantitative estimate of drug-likeness (QED) is 0.758. The van der Waals surface area contributed by atoms with Crippen molar-refractivity contribution in [1.29, 1.82) is 0 Å². The lowest BCUT2D eigenvalue weighted by atomic mass is 9.86. The average Bonchev–Trinajstić information content (AvgIpc) is 3.11. The number of aromatic nitrogens is 2. The Morgan fingerprint density at radius 2 is 1.85 bits per heavy atom. The van der Waals surface area contributed by atoms with Gasteiger partial charge in [0.05, 0.1) is 7.11 Å². The van der Waals surface area contributed by atoms with Crippen LogP contribution in [0.2, 0.25) is 0 Å². The number of ether oxygens (including phenoxy) is 1. The summed E-state index contributed by atoms with van der Waals surface area (Å²) < 4.78 is 10.7. The first-order chi connectivity index (χ1) is 12.4. The largest absolute Gasteiger partial charge is 0.497 e. The van der Waals surface area contributed by atoms with Gasteiger partial charge >= 0.3 is 11.8 Å². The van der Waals surface area contributed by atoms with E-state index in [2.05, 4.69) is 36.3 Å². The second kappa shape index (κ2) is 7.00. The van der Waals surface area contributed by atoms with Crippen molar-refractivity contribution in [2.75, 3.05) is 12.4 Å². The normalized spacial score (nSPS) is 11.2. The van der Waals surface area contributed by atoms with Gasteiger partial charge in [0.25, 0.3) is 0 Å². The minimum atomic E-state index is -0.441. The molecule has 0 aliphatic heterocycles. The molecule has 1 heterocycles. The molecule has 26 heavy (non-hydrogen) atoms. The number of amides is 1. The first-order valence-electron chi connectivity index (χ1n) is 8.27. The van der Waals surface area contributed by atoms with E-state index in [9.17, 15) is 4.79 Å². The van der Waals surface area contributed by atoms with Crippen LogP contribution in [0.4, 0.5) is 5.69 Å². The molecular weight excluding hydrogens is 330 g/mol. The van der Waals surface area contributed by atoms with E-state index in [4.69, 9.17) is 9.15 Å². The van der Waals surface area contributed by atoms with Crippen LogP contribution in [0.1, 0.15) is 37.0 Å². The van der Waals surface area contributed by atoms with Crippen LogP contribution in [0.25, 0.3) is 11.5 Å². The molecule has 0 fully saturated rings. The summed E-state index contributed by atoms with van der Waals surface area (Å²) >= 11 is 0. The second-order valence-corrected chi connectivity index (χ2v) is 6.89. The molecule has 0 radical (unpaired) electrons. The molecule has 0 saturated carbocycles. The third-order valence-corrected chi connectivity index (χ3v) is 3.92. The van der Waals surface area contributed by atoms with Crippen molar-refractivity contribution in [1.82, 2.24) is 10.2 Å². The number of carbonyl (C=O) groups excluding carboxylic acids is 1. The predicted molar refractivity (Wildman–Crippen MR) is 99.4 cm³/mol. The van der Waals surface area contributed by atoms with Crippen molar-refractivity contribution in [2.24, 2.45) is 0 Å². The summed E-state index contributed by atoms with van der Waals surface area (Å²) in [5.74, 6) is 0.402. The van der Waals surface area contributed by atoms with Gasteiger partial charge in [-0.05, 0) is 35.2 Å². The molecule has 6 nitrogen and oxygen atoms in total. The molecule has 0 unspecified atom stereocenters. The van der Waals surface area contributed by atoms with Crippen LogP contribution in [0, 0.1) is 0 Å². The zero-order chi connectivity index (χ0) is 18.7. The number of nitrogens with one attached hydrogen (secondary N) is 1. The van der Waals surface area contributed by atoms with Gasteiger partial charge in [-0.25, -0.2) is 0 Å². The summed E-state index contributed by atoms with van der Waals surface area (Å²) in [5, 5.41) is 10.7. The highest BCUT2D eigenvalue weighted by Crippen LogP contribution is 2.29. The maximum Gasteiger partial charge on any atom is 0.313 e. The van der Waals surface area contributed by atoms with Gasteiger partial charge in [0.2, 0.25) is 5.89 Å². The topological polar surface area (TPSA) is 77.2 Å². The molecule has 0 saturated heterocycles. The molecule has 3 rings (SSSR count). The van der Waals surface area contributed by atoms with Crippen molar-refractivity contribution < 1.29 is 13.9 Å². The van der Waals surface area contributed by atoms with Gasteiger partial charge in [-0.15, -0.1) is 10.2 Å². The molecular formula is C20H21N3O3. The summed E-state index contributed by atoms with van der Waals surface area (Å²) in [6.45, 7) is 6.27. The highest BCUT2D eigenvalue weighted by atomic mass is 16.5. The second-order valence-electron chi connectivity index (χ2n) is 6.89. The SMILES string of the molecule is COc1cccc(-c2nnc(C(=O)Nc3ccccc3C(C)(C)C)o2)c1. The summed E-state index contributed by atoms with van der Waals surface area (Å²) in [5.41, 5.74) is 2.34. The summed E-state index contributed by atoms with van der Waals surface area (Å²) in [4.78, 5) is 12.5. The zero-order valence-electron chi connectivity index (χ0n) is 15.2.